The molecule has 41 heavy (non-hydrogen) atoms. The Bertz CT molecular complexity index is 1890. The molecule has 0 amide bonds. The molecule has 0 radical (unpaired) electrons. The zero-order chi connectivity index (χ0) is 29.6. The highest BCUT2D eigenvalue weighted by molar-refractivity contribution is 9.10. The van der Waals surface area contributed by atoms with Gasteiger partial charge in [0.15, 0.2) is 4.80 Å². The lowest BCUT2D eigenvalue weighted by Gasteiger charge is -2.26. The number of carbonyl (C=O) groups excluding carboxylic acids is 1. The molecule has 2 aromatic carbocycles. The summed E-state index contributed by atoms with van der Waals surface area (Å²) in [6, 6.07) is 11.3. The van der Waals surface area contributed by atoms with Crippen molar-refractivity contribution in [2.75, 3.05) is 7.11 Å². The number of thiazole rings is 1. The normalized spacial score (nSPS) is 15.4. The van der Waals surface area contributed by atoms with Crippen LogP contribution in [0.3, 0.4) is 0 Å². The fraction of sp³-hybridized carbons (Fsp3) is 0.344. The minimum atomic E-state index is -0.767. The van der Waals surface area contributed by atoms with Crippen LogP contribution in [-0.4, -0.2) is 28.3 Å². The predicted molar refractivity (Wildman–Crippen MR) is 167 cm³/mol. The van der Waals surface area contributed by atoms with E-state index in [1.54, 1.807) is 11.5 Å². The van der Waals surface area contributed by atoms with Gasteiger partial charge in [-0.15, -0.1) is 0 Å². The second kappa shape index (κ2) is 11.4. The summed E-state index contributed by atoms with van der Waals surface area (Å²) in [7, 11) is 1.34. The van der Waals surface area contributed by atoms with Gasteiger partial charge in [0.25, 0.3) is 5.56 Å². The lowest BCUT2D eigenvalue weighted by Crippen LogP contribution is -2.40. The summed E-state index contributed by atoms with van der Waals surface area (Å²) in [5.41, 5.74) is 5.73. The van der Waals surface area contributed by atoms with E-state index in [9.17, 15) is 9.59 Å². The van der Waals surface area contributed by atoms with Crippen LogP contribution in [0.1, 0.15) is 62.5 Å². The van der Waals surface area contributed by atoms with Gasteiger partial charge >= 0.3 is 5.97 Å². The number of halogens is 1. The van der Waals surface area contributed by atoms with E-state index in [1.165, 1.54) is 18.4 Å². The third-order valence-corrected chi connectivity index (χ3v) is 8.78. The fourth-order valence-electron chi connectivity index (χ4n) is 5.53. The van der Waals surface area contributed by atoms with Gasteiger partial charge in [0.05, 0.1) is 29.0 Å². The van der Waals surface area contributed by atoms with Gasteiger partial charge in [0.1, 0.15) is 11.8 Å². The first kappa shape index (κ1) is 29.1. The lowest BCUT2D eigenvalue weighted by molar-refractivity contribution is -0.136. The van der Waals surface area contributed by atoms with Crippen molar-refractivity contribution in [2.24, 2.45) is 4.99 Å². The van der Waals surface area contributed by atoms with Crippen LogP contribution in [0.25, 0.3) is 17.0 Å². The van der Waals surface area contributed by atoms with Gasteiger partial charge in [-0.1, -0.05) is 45.8 Å². The minimum Gasteiger partial charge on any atom is -0.491 e. The zero-order valence-electron chi connectivity index (χ0n) is 24.4. The largest absolute Gasteiger partial charge is 0.491 e. The number of benzene rings is 2. The average Bonchev–Trinajstić information content (AvgIpc) is 3.36. The number of carbonyl (C=O) groups is 1. The number of fused-ring (bicyclic) bond motifs is 2. The first-order valence-corrected chi connectivity index (χ1v) is 15.3. The number of methoxy groups -OCH3 is 1. The molecule has 0 bridgehead atoms. The van der Waals surface area contributed by atoms with E-state index in [0.29, 0.717) is 31.9 Å². The Morgan fingerprint density at radius 2 is 1.93 bits per heavy atom. The molecule has 1 atom stereocenters. The maximum absolute atomic E-state index is 14.3. The van der Waals surface area contributed by atoms with Crippen LogP contribution < -0.4 is 19.6 Å². The molecule has 0 fully saturated rings. The second-order valence-corrected chi connectivity index (χ2v) is 12.5. The molecule has 9 heteroatoms. The van der Waals surface area contributed by atoms with Crippen molar-refractivity contribution < 1.29 is 14.3 Å². The number of ether oxygens (including phenoxy) is 2. The molecule has 0 saturated heterocycles. The van der Waals surface area contributed by atoms with E-state index in [-0.39, 0.29) is 11.7 Å². The summed E-state index contributed by atoms with van der Waals surface area (Å²) in [5, 5.41) is 1.12. The van der Waals surface area contributed by atoms with Gasteiger partial charge in [-0.25, -0.2) is 9.79 Å². The van der Waals surface area contributed by atoms with Crippen molar-refractivity contribution in [2.45, 2.75) is 66.7 Å². The third-order valence-electron chi connectivity index (χ3n) is 7.31. The smallest absolute Gasteiger partial charge is 0.338 e. The predicted octanol–water partition coefficient (Wildman–Crippen LogP) is 5.94. The van der Waals surface area contributed by atoms with E-state index >= 15 is 0 Å². The third kappa shape index (κ3) is 5.21. The van der Waals surface area contributed by atoms with E-state index in [0.717, 1.165) is 45.2 Å². The molecule has 5 rings (SSSR count). The highest BCUT2D eigenvalue weighted by Gasteiger charge is 2.35. The quantitative estimate of drug-likeness (QED) is 0.236. The van der Waals surface area contributed by atoms with Crippen LogP contribution in [0.15, 0.2) is 61.9 Å². The molecule has 7 nitrogen and oxygen atoms in total. The molecular formula is C32H34BrN3O4S. The first-order chi connectivity index (χ1) is 19.5. The van der Waals surface area contributed by atoms with E-state index in [1.807, 2.05) is 38.1 Å². The Morgan fingerprint density at radius 3 is 2.61 bits per heavy atom. The van der Waals surface area contributed by atoms with Gasteiger partial charge in [-0.2, -0.15) is 0 Å². The SMILES string of the molecule is CCCn1c(C)c(/C=c2\sc3n(c2=O)[C@H](c2cc(Br)ccc2OC(C)C)C(C(=O)OC)=C(C)N=3)c2cc(C)ccc21. The van der Waals surface area contributed by atoms with Crippen LogP contribution >= 0.6 is 27.3 Å². The number of hydrogen-bond acceptors (Lipinski definition) is 6. The summed E-state index contributed by atoms with van der Waals surface area (Å²) in [4.78, 5) is 32.7. The van der Waals surface area contributed by atoms with Crippen LogP contribution in [0.4, 0.5) is 0 Å². The minimum absolute atomic E-state index is 0.107. The van der Waals surface area contributed by atoms with Gasteiger partial charge in [-0.05, 0) is 77.4 Å². The Balaban J connectivity index is 1.81. The van der Waals surface area contributed by atoms with Crippen molar-refractivity contribution in [3.63, 3.8) is 0 Å². The number of nitrogens with zero attached hydrogens (tertiary/aromatic N) is 3. The summed E-state index contributed by atoms with van der Waals surface area (Å²) in [6.45, 7) is 12.9. The highest BCUT2D eigenvalue weighted by Crippen LogP contribution is 2.38. The van der Waals surface area contributed by atoms with Crippen LogP contribution in [0.5, 0.6) is 5.75 Å². The number of aryl methyl sites for hydroxylation is 2. The van der Waals surface area contributed by atoms with E-state index < -0.39 is 12.0 Å². The van der Waals surface area contributed by atoms with Gasteiger partial charge in [0.2, 0.25) is 0 Å². The Morgan fingerprint density at radius 1 is 1.17 bits per heavy atom. The maximum Gasteiger partial charge on any atom is 0.338 e. The number of rotatable bonds is 7. The fourth-order valence-corrected chi connectivity index (χ4v) is 6.94. The molecule has 0 aliphatic carbocycles. The van der Waals surface area contributed by atoms with Crippen molar-refractivity contribution in [1.29, 1.82) is 0 Å². The zero-order valence-corrected chi connectivity index (χ0v) is 26.8. The van der Waals surface area contributed by atoms with Crippen LogP contribution in [-0.2, 0) is 16.1 Å². The topological polar surface area (TPSA) is 74.8 Å². The molecule has 4 aromatic rings. The number of esters is 1. The highest BCUT2D eigenvalue weighted by atomic mass is 79.9. The standard InChI is InChI=1S/C32H34BrN3O4S/c1-8-13-35-20(6)22(23-14-18(4)9-11-25(23)35)16-27-30(37)36-29(24-15-21(33)10-12-26(24)40-17(2)3)28(31(38)39-7)19(5)34-32(36)41-27/h9-12,14-17,29H,8,13H2,1-7H3/b27-16-/t29-/m1/s1. The monoisotopic (exact) mass is 635 g/mol. The van der Waals surface area contributed by atoms with Crippen molar-refractivity contribution >= 4 is 50.2 Å². The number of hydrogen-bond donors (Lipinski definition) is 0. The molecule has 1 aliphatic heterocycles. The molecular weight excluding hydrogens is 602 g/mol. The molecule has 3 heterocycles. The summed E-state index contributed by atoms with van der Waals surface area (Å²) < 4.78 is 16.6. The molecule has 0 N–H and O–H groups in total. The summed E-state index contributed by atoms with van der Waals surface area (Å²) >= 11 is 4.90. The van der Waals surface area contributed by atoms with E-state index in [4.69, 9.17) is 14.5 Å². The van der Waals surface area contributed by atoms with Crippen molar-refractivity contribution in [3.05, 3.63) is 94.2 Å². The Hall–Kier alpha value is -3.43. The lowest BCUT2D eigenvalue weighted by atomic mass is 9.95. The molecule has 1 aliphatic rings. The van der Waals surface area contributed by atoms with E-state index in [2.05, 4.69) is 59.5 Å². The van der Waals surface area contributed by atoms with Crippen LogP contribution in [0.2, 0.25) is 0 Å². The molecule has 0 saturated carbocycles. The molecule has 0 unspecified atom stereocenters. The maximum atomic E-state index is 14.3. The molecule has 0 spiro atoms. The van der Waals surface area contributed by atoms with Gasteiger partial charge in [0, 0.05) is 38.7 Å². The average molecular weight is 637 g/mol. The molecule has 214 valence electrons. The molecule has 2 aromatic heterocycles. The van der Waals surface area contributed by atoms with Crippen LogP contribution in [0, 0.1) is 13.8 Å². The van der Waals surface area contributed by atoms with Gasteiger partial charge in [-0.3, -0.25) is 9.36 Å². The summed E-state index contributed by atoms with van der Waals surface area (Å²) in [5.74, 6) is 0.0581. The van der Waals surface area contributed by atoms with Gasteiger partial charge < -0.3 is 14.0 Å². The van der Waals surface area contributed by atoms with Crippen molar-refractivity contribution in [1.82, 2.24) is 9.13 Å². The first-order valence-electron chi connectivity index (χ1n) is 13.7. The number of allylic oxidation sites excluding steroid dienone is 1. The number of aromatic nitrogens is 2. The Kier molecular flexibility index (Phi) is 8.12. The Labute approximate surface area is 251 Å². The summed E-state index contributed by atoms with van der Waals surface area (Å²) in [6.07, 6.45) is 2.88. The second-order valence-electron chi connectivity index (χ2n) is 10.6. The van der Waals surface area contributed by atoms with Crippen molar-refractivity contribution in [3.8, 4) is 5.75 Å².